The third kappa shape index (κ3) is 3.77. The van der Waals surface area contributed by atoms with Crippen LogP contribution in [0.15, 0.2) is 53.9 Å². The van der Waals surface area contributed by atoms with Gasteiger partial charge in [-0.05, 0) is 42.8 Å². The number of nitrogens with zero attached hydrogens (tertiary/aromatic N) is 1. The second-order valence-corrected chi connectivity index (χ2v) is 7.36. The zero-order valence-electron chi connectivity index (χ0n) is 15.4. The SMILES string of the molecule is C=CCN(c1ccc(OC)c(OC)c1)S(=O)(=O)c1ccc(OC)c(C)c1. The standard InChI is InChI=1S/C19H23NO5S/c1-6-11-20(15-7-9-18(24-4)19(13-15)25-5)26(21,22)16-8-10-17(23-3)14(2)12-16/h6-10,12-13H,1,11H2,2-5H3. The number of anilines is 1. The summed E-state index contributed by atoms with van der Waals surface area (Å²) in [5.74, 6) is 1.60. The van der Waals surface area contributed by atoms with Crippen LogP contribution in [0.2, 0.25) is 0 Å². The molecule has 0 radical (unpaired) electrons. The lowest BCUT2D eigenvalue weighted by molar-refractivity contribution is 0.355. The van der Waals surface area contributed by atoms with E-state index in [9.17, 15) is 8.42 Å². The molecule has 0 spiro atoms. The molecular weight excluding hydrogens is 354 g/mol. The van der Waals surface area contributed by atoms with Gasteiger partial charge in [0, 0.05) is 6.07 Å². The molecule has 0 saturated heterocycles. The molecule has 0 unspecified atom stereocenters. The zero-order valence-corrected chi connectivity index (χ0v) is 16.2. The number of hydrogen-bond acceptors (Lipinski definition) is 5. The van der Waals surface area contributed by atoms with Crippen molar-refractivity contribution in [1.29, 1.82) is 0 Å². The molecular formula is C19H23NO5S. The van der Waals surface area contributed by atoms with E-state index in [4.69, 9.17) is 14.2 Å². The summed E-state index contributed by atoms with van der Waals surface area (Å²) in [4.78, 5) is 0.174. The summed E-state index contributed by atoms with van der Waals surface area (Å²) in [5, 5.41) is 0. The van der Waals surface area contributed by atoms with Gasteiger partial charge in [0.25, 0.3) is 10.0 Å². The first-order chi connectivity index (χ1) is 12.4. The smallest absolute Gasteiger partial charge is 0.264 e. The number of benzene rings is 2. The van der Waals surface area contributed by atoms with E-state index in [1.165, 1.54) is 30.7 Å². The molecule has 0 fully saturated rings. The second-order valence-electron chi connectivity index (χ2n) is 5.50. The van der Waals surface area contributed by atoms with Crippen LogP contribution in [0.5, 0.6) is 17.2 Å². The highest BCUT2D eigenvalue weighted by Gasteiger charge is 2.25. The van der Waals surface area contributed by atoms with Crippen molar-refractivity contribution in [2.24, 2.45) is 0 Å². The fourth-order valence-corrected chi connectivity index (χ4v) is 4.09. The van der Waals surface area contributed by atoms with Gasteiger partial charge in [0.2, 0.25) is 0 Å². The average Bonchev–Trinajstić information content (AvgIpc) is 2.65. The van der Waals surface area contributed by atoms with Crippen molar-refractivity contribution in [3.8, 4) is 17.2 Å². The summed E-state index contributed by atoms with van der Waals surface area (Å²) in [6.45, 7) is 5.58. The van der Waals surface area contributed by atoms with E-state index in [0.717, 1.165) is 5.56 Å². The molecule has 0 bridgehead atoms. The summed E-state index contributed by atoms with van der Waals surface area (Å²) in [7, 11) is 0.772. The summed E-state index contributed by atoms with van der Waals surface area (Å²) in [6.07, 6.45) is 1.53. The van der Waals surface area contributed by atoms with Crippen LogP contribution in [-0.2, 0) is 10.0 Å². The summed E-state index contributed by atoms with van der Waals surface area (Å²) in [5.41, 5.74) is 1.19. The minimum atomic E-state index is -3.80. The summed E-state index contributed by atoms with van der Waals surface area (Å²) >= 11 is 0. The second kappa shape index (κ2) is 8.14. The molecule has 0 aliphatic heterocycles. The van der Waals surface area contributed by atoms with E-state index in [1.807, 2.05) is 0 Å². The Morgan fingerprint density at radius 2 is 1.58 bits per heavy atom. The Hall–Kier alpha value is -2.67. The lowest BCUT2D eigenvalue weighted by atomic mass is 10.2. The Kier molecular flexibility index (Phi) is 6.15. The number of hydrogen-bond donors (Lipinski definition) is 0. The van der Waals surface area contributed by atoms with Crippen LogP contribution in [-0.4, -0.2) is 36.3 Å². The molecule has 2 rings (SSSR count). The Labute approximate surface area is 154 Å². The minimum absolute atomic E-state index is 0.114. The van der Waals surface area contributed by atoms with Gasteiger partial charge in [0.15, 0.2) is 11.5 Å². The van der Waals surface area contributed by atoms with Crippen LogP contribution in [0.1, 0.15) is 5.56 Å². The molecule has 0 saturated carbocycles. The monoisotopic (exact) mass is 377 g/mol. The fraction of sp³-hybridized carbons (Fsp3) is 0.263. The fourth-order valence-electron chi connectivity index (χ4n) is 2.58. The molecule has 0 atom stereocenters. The largest absolute Gasteiger partial charge is 0.496 e. The van der Waals surface area contributed by atoms with Gasteiger partial charge in [-0.25, -0.2) is 8.42 Å². The molecule has 2 aromatic rings. The third-order valence-electron chi connectivity index (χ3n) is 3.90. The topological polar surface area (TPSA) is 65.1 Å². The van der Waals surface area contributed by atoms with Crippen molar-refractivity contribution >= 4 is 15.7 Å². The van der Waals surface area contributed by atoms with Gasteiger partial charge in [0.1, 0.15) is 5.75 Å². The highest BCUT2D eigenvalue weighted by Crippen LogP contribution is 2.34. The molecule has 0 aromatic heterocycles. The normalized spacial score (nSPS) is 10.9. The van der Waals surface area contributed by atoms with Gasteiger partial charge in [0.05, 0.1) is 38.5 Å². The van der Waals surface area contributed by atoms with Gasteiger partial charge in [-0.3, -0.25) is 4.31 Å². The Bertz CT molecular complexity index is 893. The van der Waals surface area contributed by atoms with Crippen molar-refractivity contribution in [2.75, 3.05) is 32.2 Å². The molecule has 0 N–H and O–H groups in total. The quantitative estimate of drug-likeness (QED) is 0.660. The maximum atomic E-state index is 13.2. The van der Waals surface area contributed by atoms with E-state index in [0.29, 0.717) is 22.9 Å². The number of sulfonamides is 1. The van der Waals surface area contributed by atoms with Crippen LogP contribution >= 0.6 is 0 Å². The van der Waals surface area contributed by atoms with E-state index in [1.54, 1.807) is 44.4 Å². The predicted octanol–water partition coefficient (Wildman–Crippen LogP) is 3.40. The Morgan fingerprint density at radius 1 is 0.962 bits per heavy atom. The number of ether oxygens (including phenoxy) is 3. The highest BCUT2D eigenvalue weighted by atomic mass is 32.2. The Balaban J connectivity index is 2.55. The van der Waals surface area contributed by atoms with Crippen LogP contribution in [0.4, 0.5) is 5.69 Å². The summed E-state index contributed by atoms with van der Waals surface area (Å²) < 4.78 is 43.4. The first-order valence-electron chi connectivity index (χ1n) is 7.89. The lowest BCUT2D eigenvalue weighted by Crippen LogP contribution is -2.31. The van der Waals surface area contributed by atoms with Crippen molar-refractivity contribution in [2.45, 2.75) is 11.8 Å². The van der Waals surface area contributed by atoms with Crippen molar-refractivity contribution < 1.29 is 22.6 Å². The molecule has 7 heteroatoms. The van der Waals surface area contributed by atoms with Crippen LogP contribution in [0.3, 0.4) is 0 Å². The highest BCUT2D eigenvalue weighted by molar-refractivity contribution is 7.92. The molecule has 0 aliphatic rings. The molecule has 0 amide bonds. The lowest BCUT2D eigenvalue weighted by Gasteiger charge is -2.24. The van der Waals surface area contributed by atoms with Gasteiger partial charge >= 0.3 is 0 Å². The molecule has 2 aromatic carbocycles. The summed E-state index contributed by atoms with van der Waals surface area (Å²) in [6, 6.07) is 9.71. The van der Waals surface area contributed by atoms with E-state index < -0.39 is 10.0 Å². The van der Waals surface area contributed by atoms with E-state index in [2.05, 4.69) is 6.58 Å². The molecule has 0 heterocycles. The van der Waals surface area contributed by atoms with Gasteiger partial charge in [-0.15, -0.1) is 6.58 Å². The predicted molar refractivity (Wildman–Crippen MR) is 102 cm³/mol. The third-order valence-corrected chi connectivity index (χ3v) is 5.69. The molecule has 6 nitrogen and oxygen atoms in total. The van der Waals surface area contributed by atoms with Crippen molar-refractivity contribution in [1.82, 2.24) is 0 Å². The first kappa shape index (κ1) is 19.7. The van der Waals surface area contributed by atoms with Crippen LogP contribution in [0, 0.1) is 6.92 Å². The van der Waals surface area contributed by atoms with E-state index in [-0.39, 0.29) is 11.4 Å². The van der Waals surface area contributed by atoms with Crippen molar-refractivity contribution in [3.05, 3.63) is 54.6 Å². The molecule has 140 valence electrons. The Morgan fingerprint density at radius 3 is 2.12 bits per heavy atom. The maximum Gasteiger partial charge on any atom is 0.264 e. The number of aryl methyl sites for hydroxylation is 1. The minimum Gasteiger partial charge on any atom is -0.496 e. The number of rotatable bonds is 8. The number of methoxy groups -OCH3 is 3. The molecule has 0 aliphatic carbocycles. The van der Waals surface area contributed by atoms with Gasteiger partial charge in [-0.2, -0.15) is 0 Å². The van der Waals surface area contributed by atoms with Crippen LogP contribution in [0.25, 0.3) is 0 Å². The van der Waals surface area contributed by atoms with Crippen molar-refractivity contribution in [3.63, 3.8) is 0 Å². The van der Waals surface area contributed by atoms with Gasteiger partial charge in [-0.1, -0.05) is 6.08 Å². The maximum absolute atomic E-state index is 13.2. The van der Waals surface area contributed by atoms with E-state index >= 15 is 0 Å². The van der Waals surface area contributed by atoms with Gasteiger partial charge < -0.3 is 14.2 Å². The zero-order chi connectivity index (χ0) is 19.3. The molecule has 26 heavy (non-hydrogen) atoms. The van der Waals surface area contributed by atoms with Crippen LogP contribution < -0.4 is 18.5 Å². The average molecular weight is 377 g/mol. The first-order valence-corrected chi connectivity index (χ1v) is 9.33.